The van der Waals surface area contributed by atoms with E-state index in [0.29, 0.717) is 52.6 Å². The lowest BCUT2D eigenvalue weighted by Gasteiger charge is -2.36. The number of hydrogen-bond donors (Lipinski definition) is 0. The molecule has 0 radical (unpaired) electrons. The Labute approximate surface area is 183 Å². The standard InChI is InChI=1S/C21H18Cl2N4OS/c22-15-13-18(23)19(25-14-15)26-9-11-27(12-10-26)21(28)17-7-4-8-24-20(17)29-16-5-2-1-3-6-16/h1-8,13-14H,9-12H2. The molecule has 1 aromatic carbocycles. The van der Waals surface area contributed by atoms with Gasteiger partial charge in [-0.1, -0.05) is 53.2 Å². The number of anilines is 1. The largest absolute Gasteiger partial charge is 0.352 e. The average Bonchev–Trinajstić information content (AvgIpc) is 2.75. The van der Waals surface area contributed by atoms with E-state index >= 15 is 0 Å². The number of pyridine rings is 2. The minimum absolute atomic E-state index is 0.00802. The van der Waals surface area contributed by atoms with E-state index in [1.54, 1.807) is 24.5 Å². The maximum atomic E-state index is 13.2. The van der Waals surface area contributed by atoms with Crippen LogP contribution in [-0.2, 0) is 0 Å². The first-order chi connectivity index (χ1) is 14.1. The molecule has 0 N–H and O–H groups in total. The summed E-state index contributed by atoms with van der Waals surface area (Å²) in [5, 5.41) is 1.74. The van der Waals surface area contributed by atoms with Crippen LogP contribution < -0.4 is 4.90 Å². The number of hydrogen-bond acceptors (Lipinski definition) is 5. The minimum Gasteiger partial charge on any atom is -0.352 e. The minimum atomic E-state index is -0.00802. The molecule has 2 aromatic heterocycles. The molecule has 1 fully saturated rings. The third-order valence-corrected chi connectivity index (χ3v) is 6.13. The summed E-state index contributed by atoms with van der Waals surface area (Å²) in [5.74, 6) is 0.691. The van der Waals surface area contributed by atoms with Crippen molar-refractivity contribution < 1.29 is 4.79 Å². The van der Waals surface area contributed by atoms with Crippen LogP contribution in [0.4, 0.5) is 5.82 Å². The van der Waals surface area contributed by atoms with E-state index < -0.39 is 0 Å². The highest BCUT2D eigenvalue weighted by atomic mass is 35.5. The number of benzene rings is 1. The fourth-order valence-corrected chi connectivity index (χ4v) is 4.56. The summed E-state index contributed by atoms with van der Waals surface area (Å²) in [6.45, 7) is 2.48. The van der Waals surface area contributed by atoms with Gasteiger partial charge < -0.3 is 9.80 Å². The lowest BCUT2D eigenvalue weighted by Crippen LogP contribution is -2.49. The van der Waals surface area contributed by atoms with Crippen molar-refractivity contribution in [3.05, 3.63) is 76.5 Å². The van der Waals surface area contributed by atoms with Crippen molar-refractivity contribution in [2.45, 2.75) is 9.92 Å². The van der Waals surface area contributed by atoms with Gasteiger partial charge in [0.05, 0.1) is 15.6 Å². The highest BCUT2D eigenvalue weighted by Gasteiger charge is 2.26. The average molecular weight is 445 g/mol. The molecule has 1 aliphatic rings. The summed E-state index contributed by atoms with van der Waals surface area (Å²) in [6.07, 6.45) is 3.30. The summed E-state index contributed by atoms with van der Waals surface area (Å²) >= 11 is 13.7. The molecule has 0 aliphatic carbocycles. The van der Waals surface area contributed by atoms with Crippen molar-refractivity contribution in [1.82, 2.24) is 14.9 Å². The molecule has 0 saturated carbocycles. The zero-order valence-electron chi connectivity index (χ0n) is 15.5. The predicted octanol–water partition coefficient (Wildman–Crippen LogP) is 4.90. The lowest BCUT2D eigenvalue weighted by molar-refractivity contribution is 0.0742. The fourth-order valence-electron chi connectivity index (χ4n) is 3.17. The third-order valence-electron chi connectivity index (χ3n) is 4.61. The molecule has 1 aliphatic heterocycles. The van der Waals surface area contributed by atoms with Crippen LogP contribution in [0.2, 0.25) is 10.0 Å². The molecule has 0 atom stereocenters. The second kappa shape index (κ2) is 9.03. The number of nitrogens with zero attached hydrogens (tertiary/aromatic N) is 4. The molecule has 0 bridgehead atoms. The van der Waals surface area contributed by atoms with Crippen LogP contribution in [-0.4, -0.2) is 47.0 Å². The van der Waals surface area contributed by atoms with E-state index in [1.165, 1.54) is 11.8 Å². The number of amides is 1. The van der Waals surface area contributed by atoms with E-state index in [2.05, 4.69) is 14.9 Å². The SMILES string of the molecule is O=C(c1cccnc1Sc1ccccc1)N1CCN(c2ncc(Cl)cc2Cl)CC1. The zero-order valence-corrected chi connectivity index (χ0v) is 17.8. The molecule has 148 valence electrons. The number of carbonyl (C=O) groups is 1. The summed E-state index contributed by atoms with van der Waals surface area (Å²) in [6, 6.07) is 15.3. The Morgan fingerprint density at radius 2 is 1.72 bits per heavy atom. The molecule has 5 nitrogen and oxygen atoms in total. The highest BCUT2D eigenvalue weighted by molar-refractivity contribution is 7.99. The van der Waals surface area contributed by atoms with Crippen molar-refractivity contribution in [2.24, 2.45) is 0 Å². The van der Waals surface area contributed by atoms with Crippen LogP contribution in [0.1, 0.15) is 10.4 Å². The van der Waals surface area contributed by atoms with Crippen LogP contribution in [0.5, 0.6) is 0 Å². The summed E-state index contributed by atoms with van der Waals surface area (Å²) in [5.41, 5.74) is 0.623. The van der Waals surface area contributed by atoms with Gasteiger partial charge >= 0.3 is 0 Å². The van der Waals surface area contributed by atoms with Gasteiger partial charge in [0.25, 0.3) is 5.91 Å². The summed E-state index contributed by atoms with van der Waals surface area (Å²) in [7, 11) is 0. The van der Waals surface area contributed by atoms with Gasteiger partial charge in [0.1, 0.15) is 10.8 Å². The quantitative estimate of drug-likeness (QED) is 0.572. The van der Waals surface area contributed by atoms with Crippen LogP contribution in [0.3, 0.4) is 0 Å². The molecular weight excluding hydrogens is 427 g/mol. The van der Waals surface area contributed by atoms with E-state index in [0.717, 1.165) is 4.90 Å². The Balaban J connectivity index is 1.46. The van der Waals surface area contributed by atoms with Crippen LogP contribution in [0.15, 0.2) is 70.8 Å². The Morgan fingerprint density at radius 1 is 0.966 bits per heavy atom. The molecular formula is C21H18Cl2N4OS. The van der Waals surface area contributed by atoms with Crippen molar-refractivity contribution in [2.75, 3.05) is 31.1 Å². The fraction of sp³-hybridized carbons (Fsp3) is 0.190. The molecule has 1 saturated heterocycles. The van der Waals surface area contributed by atoms with Crippen LogP contribution >= 0.6 is 35.0 Å². The molecule has 8 heteroatoms. The normalized spacial score (nSPS) is 14.1. The van der Waals surface area contributed by atoms with Gasteiger partial charge in [-0.05, 0) is 30.3 Å². The first kappa shape index (κ1) is 20.0. The first-order valence-corrected chi connectivity index (χ1v) is 10.7. The topological polar surface area (TPSA) is 49.3 Å². The second-order valence-electron chi connectivity index (χ2n) is 6.51. The van der Waals surface area contributed by atoms with Gasteiger partial charge in [0.15, 0.2) is 0 Å². The Kier molecular flexibility index (Phi) is 6.23. The van der Waals surface area contributed by atoms with Gasteiger partial charge in [-0.25, -0.2) is 9.97 Å². The highest BCUT2D eigenvalue weighted by Crippen LogP contribution is 2.30. The Morgan fingerprint density at radius 3 is 2.45 bits per heavy atom. The monoisotopic (exact) mass is 444 g/mol. The van der Waals surface area contributed by atoms with Gasteiger partial charge in [-0.3, -0.25) is 4.79 Å². The molecule has 0 spiro atoms. The van der Waals surface area contributed by atoms with Crippen LogP contribution in [0, 0.1) is 0 Å². The van der Waals surface area contributed by atoms with Crippen molar-refractivity contribution in [3.8, 4) is 0 Å². The Bertz CT molecular complexity index is 1010. The van der Waals surface area contributed by atoms with Crippen molar-refractivity contribution in [1.29, 1.82) is 0 Å². The molecule has 0 unspecified atom stereocenters. The number of aromatic nitrogens is 2. The Hall–Kier alpha value is -2.28. The van der Waals surface area contributed by atoms with Crippen LogP contribution in [0.25, 0.3) is 0 Å². The predicted molar refractivity (Wildman–Crippen MR) is 117 cm³/mol. The van der Waals surface area contributed by atoms with E-state index in [-0.39, 0.29) is 5.91 Å². The van der Waals surface area contributed by atoms with Gasteiger partial charge in [0, 0.05) is 43.5 Å². The summed E-state index contributed by atoms with van der Waals surface area (Å²) < 4.78 is 0. The smallest absolute Gasteiger partial charge is 0.256 e. The number of halogens is 2. The lowest BCUT2D eigenvalue weighted by atomic mass is 10.2. The molecule has 4 rings (SSSR count). The number of rotatable bonds is 4. The number of piperazine rings is 1. The molecule has 3 aromatic rings. The molecule has 1 amide bonds. The van der Waals surface area contributed by atoms with Gasteiger partial charge in [0.2, 0.25) is 0 Å². The van der Waals surface area contributed by atoms with Gasteiger partial charge in [-0.2, -0.15) is 0 Å². The van der Waals surface area contributed by atoms with Crippen molar-refractivity contribution >= 4 is 46.7 Å². The van der Waals surface area contributed by atoms with E-state index in [9.17, 15) is 4.79 Å². The maximum Gasteiger partial charge on any atom is 0.256 e. The first-order valence-electron chi connectivity index (χ1n) is 9.15. The van der Waals surface area contributed by atoms with Crippen molar-refractivity contribution in [3.63, 3.8) is 0 Å². The van der Waals surface area contributed by atoms with E-state index in [1.807, 2.05) is 41.3 Å². The second-order valence-corrected chi connectivity index (χ2v) is 8.42. The molecule has 3 heterocycles. The van der Waals surface area contributed by atoms with E-state index in [4.69, 9.17) is 23.2 Å². The third kappa shape index (κ3) is 4.66. The maximum absolute atomic E-state index is 13.2. The number of carbonyl (C=O) groups excluding carboxylic acids is 1. The zero-order chi connectivity index (χ0) is 20.2. The summed E-state index contributed by atoms with van der Waals surface area (Å²) in [4.78, 5) is 26.9. The van der Waals surface area contributed by atoms with Gasteiger partial charge in [-0.15, -0.1) is 0 Å². The molecule has 29 heavy (non-hydrogen) atoms.